The summed E-state index contributed by atoms with van der Waals surface area (Å²) in [5, 5.41) is -0.484. The van der Waals surface area contributed by atoms with E-state index in [0.717, 1.165) is 33.7 Å². The number of nitrogens with zero attached hydrogens (tertiary/aromatic N) is 3. The molecule has 0 unspecified atom stereocenters. The molecule has 7 nitrogen and oxygen atoms in total. The number of rotatable bonds is 5. The van der Waals surface area contributed by atoms with Gasteiger partial charge in [-0.05, 0) is 61.2 Å². The van der Waals surface area contributed by atoms with Gasteiger partial charge in [0.25, 0.3) is 11.1 Å². The quantitative estimate of drug-likeness (QED) is 0.568. The molecule has 2 heterocycles. The van der Waals surface area contributed by atoms with Crippen LogP contribution in [0.1, 0.15) is 12.6 Å². The van der Waals surface area contributed by atoms with Crippen LogP contribution >= 0.6 is 11.8 Å². The molecule has 1 saturated heterocycles. The van der Waals surface area contributed by atoms with Crippen molar-refractivity contribution in [3.05, 3.63) is 53.2 Å². The van der Waals surface area contributed by atoms with Crippen LogP contribution in [0.15, 0.2) is 47.5 Å². The van der Waals surface area contributed by atoms with E-state index in [1.54, 1.807) is 6.08 Å². The van der Waals surface area contributed by atoms with Crippen LogP contribution in [-0.2, 0) is 14.3 Å². The molecule has 1 aliphatic heterocycles. The number of hydrogen-bond donors (Lipinski definition) is 0. The number of methoxy groups -OCH3 is 1. The maximum absolute atomic E-state index is 12.7. The maximum Gasteiger partial charge on any atom is 0.328 e. The number of thioether (sulfide) groups is 1. The standard InChI is InChI=1S/C20H21N3O4S/c1-13(19(25)27-4)23-18(24)17(28-20(23)26)12-16-6-5-11-22(16)15-9-7-14(8-10-15)21(2)3/h5-13H,1-4H3/b17-12-/t13-/m0/s1. The predicted molar refractivity (Wildman–Crippen MR) is 109 cm³/mol. The van der Waals surface area contributed by atoms with Crippen LogP contribution in [0.4, 0.5) is 10.5 Å². The Morgan fingerprint density at radius 3 is 2.46 bits per heavy atom. The number of aromatic nitrogens is 1. The van der Waals surface area contributed by atoms with E-state index in [9.17, 15) is 14.4 Å². The van der Waals surface area contributed by atoms with E-state index in [1.165, 1.54) is 14.0 Å². The van der Waals surface area contributed by atoms with Crippen molar-refractivity contribution in [2.24, 2.45) is 0 Å². The van der Waals surface area contributed by atoms with E-state index < -0.39 is 23.2 Å². The second kappa shape index (κ2) is 7.93. The Morgan fingerprint density at radius 1 is 1.18 bits per heavy atom. The topological polar surface area (TPSA) is 71.8 Å². The Bertz CT molecular complexity index is 947. The molecule has 146 valence electrons. The number of imide groups is 1. The second-order valence-corrected chi connectivity index (χ2v) is 7.46. The smallest absolute Gasteiger partial charge is 0.328 e. The number of carbonyl (C=O) groups excluding carboxylic acids is 3. The van der Waals surface area contributed by atoms with Crippen LogP contribution in [0.3, 0.4) is 0 Å². The molecule has 0 saturated carbocycles. The van der Waals surface area contributed by atoms with Crippen molar-refractivity contribution in [3.8, 4) is 5.69 Å². The lowest BCUT2D eigenvalue weighted by molar-refractivity contribution is -0.148. The molecular formula is C20H21N3O4S. The van der Waals surface area contributed by atoms with Crippen molar-refractivity contribution >= 4 is 40.6 Å². The van der Waals surface area contributed by atoms with Gasteiger partial charge >= 0.3 is 5.97 Å². The number of amides is 2. The average molecular weight is 399 g/mol. The summed E-state index contributed by atoms with van der Waals surface area (Å²) in [5.74, 6) is -1.13. The fraction of sp³-hybridized carbons (Fsp3) is 0.250. The first kappa shape index (κ1) is 19.8. The highest BCUT2D eigenvalue weighted by Gasteiger charge is 2.41. The van der Waals surface area contributed by atoms with Crippen molar-refractivity contribution in [1.29, 1.82) is 0 Å². The molecular weight excluding hydrogens is 378 g/mol. The minimum absolute atomic E-state index is 0.269. The van der Waals surface area contributed by atoms with Crippen LogP contribution in [0.25, 0.3) is 11.8 Å². The molecule has 0 radical (unpaired) electrons. The van der Waals surface area contributed by atoms with Crippen LogP contribution in [-0.4, -0.2) is 53.8 Å². The highest BCUT2D eigenvalue weighted by Crippen LogP contribution is 2.34. The summed E-state index contributed by atoms with van der Waals surface area (Å²) in [7, 11) is 5.17. The summed E-state index contributed by atoms with van der Waals surface area (Å²) in [5.41, 5.74) is 2.77. The molecule has 1 aromatic heterocycles. The number of benzene rings is 1. The van der Waals surface area contributed by atoms with Gasteiger partial charge in [-0.2, -0.15) is 0 Å². The van der Waals surface area contributed by atoms with Crippen molar-refractivity contribution < 1.29 is 19.1 Å². The number of carbonyl (C=O) groups is 3. The summed E-state index contributed by atoms with van der Waals surface area (Å²) in [6.07, 6.45) is 3.55. The van der Waals surface area contributed by atoms with Gasteiger partial charge in [-0.3, -0.25) is 14.5 Å². The zero-order valence-electron chi connectivity index (χ0n) is 16.1. The lowest BCUT2D eigenvalue weighted by Gasteiger charge is -2.18. The highest BCUT2D eigenvalue weighted by atomic mass is 32.2. The maximum atomic E-state index is 12.7. The summed E-state index contributed by atoms with van der Waals surface area (Å²) in [6, 6.07) is 10.7. The average Bonchev–Trinajstić information content (AvgIpc) is 3.25. The zero-order chi connectivity index (χ0) is 20.4. The molecule has 1 aromatic carbocycles. The lowest BCUT2D eigenvalue weighted by atomic mass is 10.2. The summed E-state index contributed by atoms with van der Waals surface area (Å²) in [4.78, 5) is 39.9. The molecule has 8 heteroatoms. The van der Waals surface area contributed by atoms with E-state index >= 15 is 0 Å². The molecule has 2 aromatic rings. The number of hydrogen-bond acceptors (Lipinski definition) is 6. The van der Waals surface area contributed by atoms with Crippen molar-refractivity contribution in [3.63, 3.8) is 0 Å². The summed E-state index contributed by atoms with van der Waals surface area (Å²) >= 11 is 0.817. The molecule has 1 fully saturated rings. The van der Waals surface area contributed by atoms with Gasteiger partial charge in [0, 0.05) is 37.4 Å². The zero-order valence-corrected chi connectivity index (χ0v) is 16.9. The third kappa shape index (κ3) is 3.68. The van der Waals surface area contributed by atoms with Crippen molar-refractivity contribution in [1.82, 2.24) is 9.47 Å². The Kier molecular flexibility index (Phi) is 5.60. The summed E-state index contributed by atoms with van der Waals surface area (Å²) in [6.45, 7) is 1.47. The van der Waals surface area contributed by atoms with Crippen molar-refractivity contribution in [2.45, 2.75) is 13.0 Å². The van der Waals surface area contributed by atoms with Crippen LogP contribution < -0.4 is 4.90 Å². The van der Waals surface area contributed by atoms with Gasteiger partial charge in [-0.1, -0.05) is 0 Å². The highest BCUT2D eigenvalue weighted by molar-refractivity contribution is 8.18. The van der Waals surface area contributed by atoms with Gasteiger partial charge in [-0.15, -0.1) is 0 Å². The SMILES string of the molecule is COC(=O)[C@H](C)N1C(=O)S/C(=C\c2cccn2-c2ccc(N(C)C)cc2)C1=O. The normalized spacial score (nSPS) is 16.6. The Morgan fingerprint density at radius 2 is 1.86 bits per heavy atom. The minimum atomic E-state index is -0.964. The minimum Gasteiger partial charge on any atom is -0.467 e. The fourth-order valence-electron chi connectivity index (χ4n) is 2.88. The molecule has 1 aliphatic rings. The third-order valence-electron chi connectivity index (χ3n) is 4.46. The molecule has 2 amide bonds. The monoisotopic (exact) mass is 399 g/mol. The first-order valence-corrected chi connectivity index (χ1v) is 9.45. The molecule has 28 heavy (non-hydrogen) atoms. The van der Waals surface area contributed by atoms with Gasteiger partial charge in [0.15, 0.2) is 0 Å². The van der Waals surface area contributed by atoms with E-state index in [4.69, 9.17) is 0 Å². The van der Waals surface area contributed by atoms with Crippen LogP contribution in [0, 0.1) is 0 Å². The van der Waals surface area contributed by atoms with Gasteiger partial charge in [0.2, 0.25) is 0 Å². The van der Waals surface area contributed by atoms with E-state index in [1.807, 2.05) is 66.2 Å². The Balaban J connectivity index is 1.89. The number of esters is 1. The van der Waals surface area contributed by atoms with Gasteiger partial charge in [-0.25, -0.2) is 4.79 Å². The van der Waals surface area contributed by atoms with Crippen LogP contribution in [0.5, 0.6) is 0 Å². The molecule has 3 rings (SSSR count). The van der Waals surface area contributed by atoms with Gasteiger partial charge in [0.1, 0.15) is 6.04 Å². The molecule has 0 bridgehead atoms. The number of anilines is 1. The van der Waals surface area contributed by atoms with E-state index in [2.05, 4.69) is 4.74 Å². The van der Waals surface area contributed by atoms with Crippen LogP contribution in [0.2, 0.25) is 0 Å². The molecule has 0 aliphatic carbocycles. The molecule has 1 atom stereocenters. The first-order valence-electron chi connectivity index (χ1n) is 8.63. The van der Waals surface area contributed by atoms with Gasteiger partial charge < -0.3 is 14.2 Å². The fourth-order valence-corrected chi connectivity index (χ4v) is 3.78. The van der Waals surface area contributed by atoms with Gasteiger partial charge in [0.05, 0.1) is 12.0 Å². The second-order valence-electron chi connectivity index (χ2n) is 6.46. The predicted octanol–water partition coefficient (Wildman–Crippen LogP) is 3.14. The molecule has 0 N–H and O–H groups in total. The Hall–Kier alpha value is -3.00. The molecule has 0 spiro atoms. The number of ether oxygens (including phenoxy) is 1. The summed E-state index contributed by atoms with van der Waals surface area (Å²) < 4.78 is 6.57. The van der Waals surface area contributed by atoms with E-state index in [0.29, 0.717) is 0 Å². The first-order chi connectivity index (χ1) is 13.3. The van der Waals surface area contributed by atoms with E-state index in [-0.39, 0.29) is 4.91 Å². The van der Waals surface area contributed by atoms with Crippen molar-refractivity contribution in [2.75, 3.05) is 26.1 Å². The third-order valence-corrected chi connectivity index (χ3v) is 5.34. The largest absolute Gasteiger partial charge is 0.467 e. The lowest BCUT2D eigenvalue weighted by Crippen LogP contribution is -2.42. The Labute approximate surface area is 167 Å².